The Morgan fingerprint density at radius 1 is 1.20 bits per heavy atom. The molecule has 138 valence electrons. The zero-order valence-electron chi connectivity index (χ0n) is 16.0. The number of hydrogen-bond acceptors (Lipinski definition) is 2. The van der Waals surface area contributed by atoms with Gasteiger partial charge in [-0.25, -0.2) is 0 Å². The molecule has 0 aromatic heterocycles. The fourth-order valence-electron chi connectivity index (χ4n) is 3.47. The highest BCUT2D eigenvalue weighted by atomic mass is 16.1. The van der Waals surface area contributed by atoms with E-state index >= 15 is 0 Å². The number of nitrogens with one attached hydrogen (secondary N) is 2. The van der Waals surface area contributed by atoms with Crippen LogP contribution in [0.1, 0.15) is 48.5 Å². The minimum absolute atomic E-state index is 0.0585. The van der Waals surface area contributed by atoms with Gasteiger partial charge in [0, 0.05) is 39.8 Å². The molecule has 1 fully saturated rings. The highest BCUT2D eigenvalue weighted by molar-refractivity contribution is 5.93. The van der Waals surface area contributed by atoms with Gasteiger partial charge in [-0.2, -0.15) is 0 Å². The van der Waals surface area contributed by atoms with Crippen molar-refractivity contribution in [1.82, 2.24) is 15.5 Å². The number of rotatable bonds is 5. The van der Waals surface area contributed by atoms with E-state index in [1.807, 2.05) is 31.3 Å². The quantitative estimate of drug-likeness (QED) is 0.638. The number of benzene rings is 1. The van der Waals surface area contributed by atoms with Crippen molar-refractivity contribution in [2.75, 3.05) is 27.7 Å². The van der Waals surface area contributed by atoms with Gasteiger partial charge in [0.15, 0.2) is 5.96 Å². The molecule has 1 saturated carbocycles. The number of aliphatic imine (C=N–C) groups is 1. The average molecular weight is 345 g/mol. The lowest BCUT2D eigenvalue weighted by Crippen LogP contribution is -2.41. The molecule has 25 heavy (non-hydrogen) atoms. The van der Waals surface area contributed by atoms with Crippen LogP contribution in [0.2, 0.25) is 0 Å². The molecule has 0 spiro atoms. The van der Waals surface area contributed by atoms with Crippen LogP contribution in [0.15, 0.2) is 29.3 Å². The van der Waals surface area contributed by atoms with Crippen LogP contribution in [0.25, 0.3) is 0 Å². The molecule has 5 heteroatoms. The Kier molecular flexibility index (Phi) is 7.29. The van der Waals surface area contributed by atoms with Crippen molar-refractivity contribution in [3.63, 3.8) is 0 Å². The molecule has 1 aliphatic rings. The maximum atomic E-state index is 11.6. The van der Waals surface area contributed by atoms with Gasteiger partial charge >= 0.3 is 0 Å². The Morgan fingerprint density at radius 3 is 2.40 bits per heavy atom. The molecule has 1 aliphatic carbocycles. The van der Waals surface area contributed by atoms with Gasteiger partial charge in [0.2, 0.25) is 0 Å². The second-order valence-electron chi connectivity index (χ2n) is 7.18. The smallest absolute Gasteiger partial charge is 0.251 e. The van der Waals surface area contributed by atoms with Crippen LogP contribution in [0.5, 0.6) is 0 Å². The first-order valence-corrected chi connectivity index (χ1v) is 9.26. The van der Waals surface area contributed by atoms with Crippen molar-refractivity contribution in [3.8, 4) is 0 Å². The molecule has 2 N–H and O–H groups in total. The summed E-state index contributed by atoms with van der Waals surface area (Å²) in [5.41, 5.74) is 1.81. The van der Waals surface area contributed by atoms with Crippen LogP contribution in [0.4, 0.5) is 0 Å². The van der Waals surface area contributed by atoms with Crippen molar-refractivity contribution in [3.05, 3.63) is 35.4 Å². The zero-order chi connectivity index (χ0) is 18.2. The minimum atomic E-state index is -0.0585. The van der Waals surface area contributed by atoms with Gasteiger partial charge in [-0.1, -0.05) is 31.9 Å². The molecule has 1 aromatic carbocycles. The van der Waals surface area contributed by atoms with E-state index < -0.39 is 0 Å². The molecule has 0 bridgehead atoms. The molecule has 0 radical (unpaired) electrons. The number of carbonyl (C=O) groups excluding carboxylic acids is 1. The van der Waals surface area contributed by atoms with Crippen molar-refractivity contribution < 1.29 is 4.79 Å². The van der Waals surface area contributed by atoms with Gasteiger partial charge in [0.25, 0.3) is 5.91 Å². The van der Waals surface area contributed by atoms with Crippen LogP contribution >= 0.6 is 0 Å². The number of amides is 1. The van der Waals surface area contributed by atoms with Gasteiger partial charge in [-0.3, -0.25) is 9.79 Å². The van der Waals surface area contributed by atoms with Gasteiger partial charge in [0.1, 0.15) is 0 Å². The van der Waals surface area contributed by atoms with Gasteiger partial charge in [-0.15, -0.1) is 0 Å². The molecule has 0 unspecified atom stereocenters. The fourth-order valence-corrected chi connectivity index (χ4v) is 3.47. The third-order valence-corrected chi connectivity index (χ3v) is 5.13. The maximum Gasteiger partial charge on any atom is 0.251 e. The van der Waals surface area contributed by atoms with Crippen molar-refractivity contribution in [1.29, 1.82) is 0 Å². The second kappa shape index (κ2) is 9.44. The zero-order valence-corrected chi connectivity index (χ0v) is 16.0. The third kappa shape index (κ3) is 5.76. The lowest BCUT2D eigenvalue weighted by Gasteiger charge is -2.31. The predicted molar refractivity (Wildman–Crippen MR) is 104 cm³/mol. The second-order valence-corrected chi connectivity index (χ2v) is 7.18. The molecular formula is C20H32N4O. The third-order valence-electron chi connectivity index (χ3n) is 5.13. The molecular weight excluding hydrogens is 312 g/mol. The Hall–Kier alpha value is -2.04. The van der Waals surface area contributed by atoms with Crippen molar-refractivity contribution in [2.24, 2.45) is 16.8 Å². The molecule has 0 atom stereocenters. The monoisotopic (exact) mass is 344 g/mol. The van der Waals surface area contributed by atoms with Crippen molar-refractivity contribution >= 4 is 11.9 Å². The van der Waals surface area contributed by atoms with E-state index in [1.54, 1.807) is 7.05 Å². The maximum absolute atomic E-state index is 11.6. The molecule has 0 aliphatic heterocycles. The minimum Gasteiger partial charge on any atom is -0.355 e. The van der Waals surface area contributed by atoms with E-state index in [4.69, 9.17) is 0 Å². The lowest BCUT2D eigenvalue weighted by atomic mass is 9.83. The lowest BCUT2D eigenvalue weighted by molar-refractivity contribution is 0.0963. The SMILES string of the molecule is CN=C(NCc1ccc(C(=O)NC)cc1)N(C)CC1CCC(C)CC1. The summed E-state index contributed by atoms with van der Waals surface area (Å²) in [6.45, 7) is 4.12. The molecule has 0 heterocycles. The predicted octanol–water partition coefficient (Wildman–Crippen LogP) is 2.88. The first-order chi connectivity index (χ1) is 12.0. The molecule has 2 rings (SSSR count). The molecule has 1 amide bonds. The summed E-state index contributed by atoms with van der Waals surface area (Å²) >= 11 is 0. The van der Waals surface area contributed by atoms with E-state index in [9.17, 15) is 4.79 Å². The van der Waals surface area contributed by atoms with E-state index in [1.165, 1.54) is 25.7 Å². The summed E-state index contributed by atoms with van der Waals surface area (Å²) in [5.74, 6) is 2.52. The summed E-state index contributed by atoms with van der Waals surface area (Å²) < 4.78 is 0. The summed E-state index contributed by atoms with van der Waals surface area (Å²) in [6.07, 6.45) is 5.34. The Balaban J connectivity index is 1.84. The topological polar surface area (TPSA) is 56.7 Å². The Bertz CT molecular complexity index is 574. The number of guanidine groups is 1. The molecule has 0 saturated heterocycles. The van der Waals surface area contributed by atoms with E-state index in [0.717, 1.165) is 29.9 Å². The summed E-state index contributed by atoms with van der Waals surface area (Å²) in [4.78, 5) is 18.2. The Morgan fingerprint density at radius 2 is 1.84 bits per heavy atom. The fraction of sp³-hybridized carbons (Fsp3) is 0.600. The summed E-state index contributed by atoms with van der Waals surface area (Å²) in [5, 5.41) is 6.06. The largest absolute Gasteiger partial charge is 0.355 e. The highest BCUT2D eigenvalue weighted by Gasteiger charge is 2.20. The van der Waals surface area contributed by atoms with Crippen molar-refractivity contribution in [2.45, 2.75) is 39.2 Å². The standard InChI is InChI=1S/C20H32N4O/c1-15-5-7-17(8-6-15)14-24(4)20(22-3)23-13-16-9-11-18(12-10-16)19(25)21-2/h9-12,15,17H,5-8,13-14H2,1-4H3,(H,21,25)(H,22,23). The number of nitrogens with zero attached hydrogens (tertiary/aromatic N) is 2. The highest BCUT2D eigenvalue weighted by Crippen LogP contribution is 2.28. The van der Waals surface area contributed by atoms with Crippen LogP contribution in [0, 0.1) is 11.8 Å². The number of hydrogen-bond donors (Lipinski definition) is 2. The summed E-state index contributed by atoms with van der Waals surface area (Å²) in [7, 11) is 5.59. The van der Waals surface area contributed by atoms with Gasteiger partial charge in [0.05, 0.1) is 0 Å². The molecule has 1 aromatic rings. The van der Waals surface area contributed by atoms with E-state index in [2.05, 4.69) is 34.5 Å². The van der Waals surface area contributed by atoms with E-state index in [-0.39, 0.29) is 5.91 Å². The normalized spacial score (nSPS) is 20.9. The number of carbonyl (C=O) groups is 1. The molecule has 5 nitrogen and oxygen atoms in total. The van der Waals surface area contributed by atoms with Crippen LogP contribution in [-0.2, 0) is 6.54 Å². The van der Waals surface area contributed by atoms with Crippen LogP contribution in [0.3, 0.4) is 0 Å². The summed E-state index contributed by atoms with van der Waals surface area (Å²) in [6, 6.07) is 7.66. The first-order valence-electron chi connectivity index (χ1n) is 9.26. The van der Waals surface area contributed by atoms with Crippen LogP contribution in [-0.4, -0.2) is 44.5 Å². The first kappa shape index (κ1) is 19.3. The van der Waals surface area contributed by atoms with Gasteiger partial charge in [-0.05, 0) is 42.4 Å². The van der Waals surface area contributed by atoms with E-state index in [0.29, 0.717) is 12.1 Å². The van der Waals surface area contributed by atoms with Gasteiger partial charge < -0.3 is 15.5 Å². The average Bonchev–Trinajstić information content (AvgIpc) is 2.64. The van der Waals surface area contributed by atoms with Crippen LogP contribution < -0.4 is 10.6 Å². The Labute approximate surface area is 151 Å².